The molecule has 6 aromatic carbocycles. The van der Waals surface area contributed by atoms with Crippen molar-refractivity contribution in [3.05, 3.63) is 158 Å². The van der Waals surface area contributed by atoms with Crippen molar-refractivity contribution in [1.82, 2.24) is 19.5 Å². The van der Waals surface area contributed by atoms with Gasteiger partial charge in [0.1, 0.15) is 0 Å². The third-order valence-corrected chi connectivity index (χ3v) is 7.28. The Morgan fingerprint density at radius 1 is 0.442 bits per heavy atom. The Morgan fingerprint density at radius 3 is 1.74 bits per heavy atom. The number of fused-ring (bicyclic) bond motifs is 3. The number of hydrogen-bond donors (Lipinski definition) is 0. The van der Waals surface area contributed by atoms with Crippen molar-refractivity contribution in [2.45, 2.75) is 0 Å². The zero-order valence-electron chi connectivity index (χ0n) is 31.6. The Kier molecular flexibility index (Phi) is 4.20. The standard InChI is InChI=1S/C39H26N4/c1-4-15-27(16-5-1)30-23-14-26-35-36(30)31-21-10-12-24-33(31)43(35)34-25-13-11-22-32(34)39-41-37(28-17-6-2-7-18-28)40-38(42-39)29-19-8-3-9-20-29/h1-26H/i1D,4D,5D,10D,12D,15D,16D,21D,24D. The molecule has 2 aromatic heterocycles. The average Bonchev–Trinajstić information content (AvgIpc) is 3.54. The van der Waals surface area contributed by atoms with Crippen LogP contribution in [0.4, 0.5) is 0 Å². The van der Waals surface area contributed by atoms with Gasteiger partial charge < -0.3 is 4.57 Å². The molecule has 43 heavy (non-hydrogen) atoms. The maximum Gasteiger partial charge on any atom is 0.166 e. The van der Waals surface area contributed by atoms with E-state index < -0.39 is 42.3 Å². The molecule has 202 valence electrons. The highest BCUT2D eigenvalue weighted by molar-refractivity contribution is 6.16. The fourth-order valence-corrected chi connectivity index (χ4v) is 5.39. The molecular weight excluding hydrogens is 524 g/mol. The first-order valence-electron chi connectivity index (χ1n) is 18.2. The molecule has 0 unspecified atom stereocenters. The predicted molar refractivity (Wildman–Crippen MR) is 176 cm³/mol. The van der Waals surface area contributed by atoms with Crippen LogP contribution >= 0.6 is 0 Å². The quantitative estimate of drug-likeness (QED) is 0.211. The summed E-state index contributed by atoms with van der Waals surface area (Å²) in [6, 6.07) is 27.4. The average molecular weight is 560 g/mol. The summed E-state index contributed by atoms with van der Waals surface area (Å²) < 4.78 is 79.7. The number of hydrogen-bond acceptors (Lipinski definition) is 3. The molecule has 0 amide bonds. The Hall–Kier alpha value is -5.87. The van der Waals surface area contributed by atoms with Gasteiger partial charge in [0.25, 0.3) is 0 Å². The van der Waals surface area contributed by atoms with Crippen LogP contribution < -0.4 is 0 Å². The van der Waals surface area contributed by atoms with Gasteiger partial charge in [-0.1, -0.05) is 133 Å². The summed E-state index contributed by atoms with van der Waals surface area (Å²) in [5.74, 6) is 1.19. The Balaban J connectivity index is 1.50. The van der Waals surface area contributed by atoms with Gasteiger partial charge in [-0.15, -0.1) is 0 Å². The highest BCUT2D eigenvalue weighted by Crippen LogP contribution is 2.40. The summed E-state index contributed by atoms with van der Waals surface area (Å²) in [5, 5.41) is 0.451. The smallest absolute Gasteiger partial charge is 0.166 e. The predicted octanol–water partition coefficient (Wildman–Crippen LogP) is 9.64. The first-order chi connectivity index (χ1) is 25.1. The van der Waals surface area contributed by atoms with Crippen LogP contribution in [0.5, 0.6) is 0 Å². The van der Waals surface area contributed by atoms with Crippen molar-refractivity contribution in [2.24, 2.45) is 0 Å². The maximum atomic E-state index is 9.16. The van der Waals surface area contributed by atoms with Crippen molar-refractivity contribution in [3.63, 3.8) is 0 Å². The summed E-state index contributed by atoms with van der Waals surface area (Å²) >= 11 is 0. The van der Waals surface area contributed by atoms with E-state index in [1.54, 1.807) is 34.9 Å². The second-order valence-electron chi connectivity index (χ2n) is 9.81. The minimum atomic E-state index is -0.536. The van der Waals surface area contributed by atoms with E-state index in [9.17, 15) is 0 Å². The summed E-state index contributed by atoms with van der Waals surface area (Å²) in [6.45, 7) is 0. The Bertz CT molecular complexity index is 2650. The number of aromatic nitrogens is 4. The van der Waals surface area contributed by atoms with Gasteiger partial charge in [-0.3, -0.25) is 0 Å². The third-order valence-electron chi connectivity index (χ3n) is 7.28. The van der Waals surface area contributed by atoms with Gasteiger partial charge in [0.05, 0.1) is 29.1 Å². The number of benzene rings is 6. The lowest BCUT2D eigenvalue weighted by atomic mass is 9.99. The van der Waals surface area contributed by atoms with Crippen LogP contribution in [0, 0.1) is 0 Å². The molecule has 4 heteroatoms. The van der Waals surface area contributed by atoms with Gasteiger partial charge in [-0.05, 0) is 35.4 Å². The van der Waals surface area contributed by atoms with Gasteiger partial charge >= 0.3 is 0 Å². The molecule has 0 bridgehead atoms. The summed E-state index contributed by atoms with van der Waals surface area (Å²) in [7, 11) is 0. The monoisotopic (exact) mass is 559 g/mol. The lowest BCUT2D eigenvalue weighted by Crippen LogP contribution is -2.03. The van der Waals surface area contributed by atoms with E-state index in [1.807, 2.05) is 72.8 Å². The molecule has 2 heterocycles. The first-order valence-corrected chi connectivity index (χ1v) is 13.7. The van der Waals surface area contributed by atoms with Crippen LogP contribution in [0.1, 0.15) is 12.3 Å². The molecule has 0 radical (unpaired) electrons. The van der Waals surface area contributed by atoms with E-state index >= 15 is 0 Å². The summed E-state index contributed by atoms with van der Waals surface area (Å²) in [5.41, 5.74) is 3.32. The zero-order valence-corrected chi connectivity index (χ0v) is 22.6. The van der Waals surface area contributed by atoms with Crippen LogP contribution in [-0.4, -0.2) is 19.5 Å². The van der Waals surface area contributed by atoms with Gasteiger partial charge in [-0.2, -0.15) is 0 Å². The molecule has 0 saturated heterocycles. The molecule has 8 rings (SSSR count). The van der Waals surface area contributed by atoms with E-state index in [4.69, 9.17) is 27.3 Å². The van der Waals surface area contributed by atoms with E-state index in [-0.39, 0.29) is 34.1 Å². The lowest BCUT2D eigenvalue weighted by molar-refractivity contribution is 1.06. The number of nitrogens with zero attached hydrogens (tertiary/aromatic N) is 4. The molecule has 8 aromatic rings. The summed E-state index contributed by atoms with van der Waals surface area (Å²) in [4.78, 5) is 14.7. The lowest BCUT2D eigenvalue weighted by Gasteiger charge is -2.14. The normalized spacial score (nSPS) is 14.2. The minimum Gasteiger partial charge on any atom is -0.308 e. The number of rotatable bonds is 5. The van der Waals surface area contributed by atoms with Gasteiger partial charge in [0.2, 0.25) is 0 Å². The Labute approximate surface area is 262 Å². The fourth-order valence-electron chi connectivity index (χ4n) is 5.39. The van der Waals surface area contributed by atoms with E-state index in [0.29, 0.717) is 39.6 Å². The van der Waals surface area contributed by atoms with Crippen LogP contribution in [0.15, 0.2) is 158 Å². The molecule has 0 atom stereocenters. The van der Waals surface area contributed by atoms with Crippen molar-refractivity contribution in [3.8, 4) is 51.0 Å². The maximum absolute atomic E-state index is 9.16. The molecule has 0 N–H and O–H groups in total. The molecule has 4 nitrogen and oxygen atoms in total. The highest BCUT2D eigenvalue weighted by Gasteiger charge is 2.20. The van der Waals surface area contributed by atoms with Gasteiger partial charge in [0.15, 0.2) is 17.5 Å². The van der Waals surface area contributed by atoms with Crippen LogP contribution in [-0.2, 0) is 0 Å². The number of para-hydroxylation sites is 2. The van der Waals surface area contributed by atoms with Gasteiger partial charge in [0, 0.05) is 27.5 Å². The van der Waals surface area contributed by atoms with E-state index in [0.717, 1.165) is 11.1 Å². The van der Waals surface area contributed by atoms with Crippen LogP contribution in [0.3, 0.4) is 0 Å². The SMILES string of the molecule is [2H]c1c([2H])c([2H])c(-c2cccc3c2c2c([2H])c([2H])c([2H])c([2H])c2n3-c2ccccc2-c2nc(-c3ccccc3)nc(-c3ccccc3)n2)c([2H])c1[2H]. The molecule has 0 aliphatic heterocycles. The molecule has 0 saturated carbocycles. The Morgan fingerprint density at radius 2 is 1.02 bits per heavy atom. The molecule has 0 aliphatic carbocycles. The van der Waals surface area contributed by atoms with Crippen molar-refractivity contribution < 1.29 is 12.3 Å². The van der Waals surface area contributed by atoms with E-state index in [1.165, 1.54) is 0 Å². The zero-order chi connectivity index (χ0) is 36.4. The highest BCUT2D eigenvalue weighted by atomic mass is 15.1. The minimum absolute atomic E-state index is 0.0752. The molecule has 0 fully saturated rings. The first kappa shape index (κ1) is 17.2. The molecular formula is C39H26N4. The fraction of sp³-hybridized carbons (Fsp3) is 0. The second kappa shape index (κ2) is 10.5. The largest absolute Gasteiger partial charge is 0.308 e. The van der Waals surface area contributed by atoms with Crippen molar-refractivity contribution >= 4 is 21.8 Å². The topological polar surface area (TPSA) is 43.6 Å². The van der Waals surface area contributed by atoms with Gasteiger partial charge in [-0.25, -0.2) is 15.0 Å². The molecule has 0 spiro atoms. The van der Waals surface area contributed by atoms with E-state index in [2.05, 4.69) is 0 Å². The third kappa shape index (κ3) is 4.37. The van der Waals surface area contributed by atoms with Crippen molar-refractivity contribution in [1.29, 1.82) is 0 Å². The molecule has 0 aliphatic rings. The second-order valence-corrected chi connectivity index (χ2v) is 9.81. The summed E-state index contributed by atoms with van der Waals surface area (Å²) in [6.07, 6.45) is 0. The van der Waals surface area contributed by atoms with Crippen LogP contribution in [0.25, 0.3) is 72.8 Å². The van der Waals surface area contributed by atoms with Crippen molar-refractivity contribution in [2.75, 3.05) is 0 Å². The van der Waals surface area contributed by atoms with Crippen LogP contribution in [0.2, 0.25) is 0 Å².